The fraction of sp³-hybridized carbons (Fsp3) is 0.421. The third-order valence-electron chi connectivity index (χ3n) is 3.64. The van der Waals surface area contributed by atoms with Gasteiger partial charge in [0.15, 0.2) is 0 Å². The highest BCUT2D eigenvalue weighted by molar-refractivity contribution is 7.74. The molecule has 1 unspecified atom stereocenters. The lowest BCUT2D eigenvalue weighted by Crippen LogP contribution is -2.28. The molecule has 0 saturated carbocycles. The van der Waals surface area contributed by atoms with Crippen LogP contribution in [-0.4, -0.2) is 15.2 Å². The highest BCUT2D eigenvalue weighted by atomic mass is 31.1. The summed E-state index contributed by atoms with van der Waals surface area (Å²) in [7, 11) is -0.689. The molecule has 118 valence electrons. The third kappa shape index (κ3) is 3.50. The monoisotopic (exact) mass is 315 g/mol. The van der Waals surface area contributed by atoms with E-state index in [0.717, 1.165) is 10.9 Å². The fourth-order valence-electron chi connectivity index (χ4n) is 2.69. The van der Waals surface area contributed by atoms with Crippen LogP contribution in [0.3, 0.4) is 0 Å². The predicted octanol–water partition coefficient (Wildman–Crippen LogP) is 4.32. The first-order valence-corrected chi connectivity index (χ1v) is 8.99. The van der Waals surface area contributed by atoms with Gasteiger partial charge in [-0.1, -0.05) is 65.8 Å². The zero-order valence-electron chi connectivity index (χ0n) is 14.4. The topological polar surface area (TPSA) is 33.1 Å². The molecule has 0 radical (unpaired) electrons. The van der Waals surface area contributed by atoms with Gasteiger partial charge in [0, 0.05) is 17.7 Å². The zero-order valence-corrected chi connectivity index (χ0v) is 15.3. The molecule has 1 aromatic carbocycles. The number of phenolic OH excluding ortho intramolecular Hbond substituents is 1. The molecule has 0 aliphatic rings. The lowest BCUT2D eigenvalue weighted by atomic mass is 9.86. The summed E-state index contributed by atoms with van der Waals surface area (Å²) in [4.78, 5) is 4.28. The lowest BCUT2D eigenvalue weighted by Gasteiger charge is -2.33. The first-order chi connectivity index (χ1) is 10.1. The average Bonchev–Trinajstić information content (AvgIpc) is 2.39. The number of rotatable bonds is 2. The van der Waals surface area contributed by atoms with E-state index in [2.05, 4.69) is 64.7 Å². The van der Waals surface area contributed by atoms with Gasteiger partial charge in [-0.25, -0.2) is 0 Å². The molecule has 2 rings (SSSR count). The maximum absolute atomic E-state index is 10.9. The maximum Gasteiger partial charge on any atom is 0.127 e. The van der Waals surface area contributed by atoms with E-state index in [4.69, 9.17) is 0 Å². The first kappa shape index (κ1) is 17.0. The molecule has 1 heterocycles. The van der Waals surface area contributed by atoms with Gasteiger partial charge in [0.1, 0.15) is 5.75 Å². The fourth-order valence-corrected chi connectivity index (χ4v) is 5.45. The highest BCUT2D eigenvalue weighted by Crippen LogP contribution is 2.50. The lowest BCUT2D eigenvalue weighted by molar-refractivity contribution is 0.450. The molecule has 1 atom stereocenters. The highest BCUT2D eigenvalue weighted by Gasteiger charge is 2.31. The minimum absolute atomic E-state index is 0.0480. The summed E-state index contributed by atoms with van der Waals surface area (Å²) in [5, 5.41) is 13.2. The molecule has 3 heteroatoms. The van der Waals surface area contributed by atoms with Crippen LogP contribution in [0.2, 0.25) is 0 Å². The second kappa shape index (κ2) is 6.01. The van der Waals surface area contributed by atoms with Crippen LogP contribution in [0.25, 0.3) is 0 Å². The molecule has 1 N–H and O–H groups in total. The van der Waals surface area contributed by atoms with E-state index in [9.17, 15) is 5.11 Å². The van der Waals surface area contributed by atoms with E-state index in [-0.39, 0.29) is 10.6 Å². The quantitative estimate of drug-likeness (QED) is 0.837. The Morgan fingerprint density at radius 1 is 0.955 bits per heavy atom. The van der Waals surface area contributed by atoms with Crippen LogP contribution in [0.1, 0.15) is 47.1 Å². The van der Waals surface area contributed by atoms with Crippen LogP contribution >= 0.6 is 7.92 Å². The van der Waals surface area contributed by atoms with Crippen molar-refractivity contribution in [1.82, 2.24) is 4.98 Å². The van der Waals surface area contributed by atoms with Gasteiger partial charge >= 0.3 is 0 Å². The summed E-state index contributed by atoms with van der Waals surface area (Å²) in [5.41, 5.74) is 0.930. The van der Waals surface area contributed by atoms with Crippen molar-refractivity contribution in [3.8, 4) is 5.75 Å². The summed E-state index contributed by atoms with van der Waals surface area (Å²) in [6, 6.07) is 10.2. The van der Waals surface area contributed by atoms with Crippen molar-refractivity contribution >= 4 is 18.5 Å². The normalized spacial score (nSPS) is 13.9. The first-order valence-electron chi connectivity index (χ1n) is 7.65. The van der Waals surface area contributed by atoms with E-state index in [1.807, 2.05) is 18.3 Å². The molecular weight excluding hydrogens is 289 g/mol. The summed E-state index contributed by atoms with van der Waals surface area (Å²) < 4.78 is 0. The Bertz CT molecular complexity index is 639. The summed E-state index contributed by atoms with van der Waals surface area (Å²) in [5.74, 6) is 0.444. The Labute approximate surface area is 135 Å². The van der Waals surface area contributed by atoms with Crippen molar-refractivity contribution in [2.24, 2.45) is 0 Å². The van der Waals surface area contributed by atoms with Gasteiger partial charge in [0.05, 0.1) is 0 Å². The van der Waals surface area contributed by atoms with Crippen LogP contribution in [0, 0.1) is 0 Å². The standard InChI is InChI=1S/C19H26NOP/c1-18(2,3)15-10-7-11-16(17(15)21)22(19(4,5)6)14-9-8-12-20-13-14/h7-13,21H,1-6H3. The molecule has 0 fully saturated rings. The summed E-state index contributed by atoms with van der Waals surface area (Å²) >= 11 is 0. The van der Waals surface area contributed by atoms with E-state index < -0.39 is 7.92 Å². The predicted molar refractivity (Wildman–Crippen MR) is 97.0 cm³/mol. The van der Waals surface area contributed by atoms with Crippen molar-refractivity contribution in [2.45, 2.75) is 52.1 Å². The van der Waals surface area contributed by atoms with Crippen molar-refractivity contribution in [1.29, 1.82) is 0 Å². The number of para-hydroxylation sites is 1. The smallest absolute Gasteiger partial charge is 0.127 e. The number of hydrogen-bond donors (Lipinski definition) is 1. The molecule has 0 aliphatic carbocycles. The van der Waals surface area contributed by atoms with Gasteiger partial charge in [-0.2, -0.15) is 0 Å². The van der Waals surface area contributed by atoms with Gasteiger partial charge in [-0.15, -0.1) is 0 Å². The molecule has 0 spiro atoms. The van der Waals surface area contributed by atoms with Crippen LogP contribution < -0.4 is 10.6 Å². The Kier molecular flexibility index (Phi) is 4.63. The van der Waals surface area contributed by atoms with Gasteiger partial charge in [0.25, 0.3) is 0 Å². The number of benzene rings is 1. The van der Waals surface area contributed by atoms with E-state index in [0.29, 0.717) is 5.75 Å². The van der Waals surface area contributed by atoms with Crippen molar-refractivity contribution < 1.29 is 5.11 Å². The van der Waals surface area contributed by atoms with E-state index in [1.165, 1.54) is 5.30 Å². The number of aromatic hydroxyl groups is 1. The number of pyridine rings is 1. The molecule has 0 amide bonds. The van der Waals surface area contributed by atoms with Gasteiger partial charge < -0.3 is 5.11 Å². The van der Waals surface area contributed by atoms with E-state index in [1.54, 1.807) is 6.20 Å². The maximum atomic E-state index is 10.9. The van der Waals surface area contributed by atoms with Crippen LogP contribution in [0.4, 0.5) is 0 Å². The molecule has 0 bridgehead atoms. The number of aromatic nitrogens is 1. The zero-order chi connectivity index (χ0) is 16.5. The molecule has 22 heavy (non-hydrogen) atoms. The van der Waals surface area contributed by atoms with Crippen molar-refractivity contribution in [3.05, 3.63) is 48.3 Å². The van der Waals surface area contributed by atoms with Crippen molar-refractivity contribution in [3.63, 3.8) is 0 Å². The Morgan fingerprint density at radius 3 is 2.14 bits per heavy atom. The molecule has 0 aliphatic heterocycles. The largest absolute Gasteiger partial charge is 0.507 e. The second-order valence-corrected chi connectivity index (χ2v) is 10.7. The summed E-state index contributed by atoms with van der Waals surface area (Å²) in [6.45, 7) is 13.1. The SMILES string of the molecule is CC(C)(C)c1cccc(P(c2cccnc2)C(C)(C)C)c1O. The number of nitrogens with zero attached hydrogens (tertiary/aromatic N) is 1. The Hall–Kier alpha value is -1.40. The van der Waals surface area contributed by atoms with Gasteiger partial charge in [-0.05, 0) is 35.4 Å². The molecule has 2 aromatic rings. The molecule has 1 aromatic heterocycles. The third-order valence-corrected chi connectivity index (χ3v) is 6.60. The van der Waals surface area contributed by atoms with Crippen molar-refractivity contribution in [2.75, 3.05) is 0 Å². The second-order valence-electron chi connectivity index (χ2n) is 7.64. The van der Waals surface area contributed by atoms with Crippen LogP contribution in [0.15, 0.2) is 42.7 Å². The van der Waals surface area contributed by atoms with Gasteiger partial charge in [0.2, 0.25) is 0 Å². The molecular formula is C19H26NOP. The van der Waals surface area contributed by atoms with E-state index >= 15 is 0 Å². The average molecular weight is 315 g/mol. The minimum Gasteiger partial charge on any atom is -0.507 e. The molecule has 2 nitrogen and oxygen atoms in total. The minimum atomic E-state index is -0.689. The number of hydrogen-bond acceptors (Lipinski definition) is 2. The molecule has 0 saturated heterocycles. The summed E-state index contributed by atoms with van der Waals surface area (Å²) in [6.07, 6.45) is 3.73. The van der Waals surface area contributed by atoms with Crippen LogP contribution in [-0.2, 0) is 5.41 Å². The van der Waals surface area contributed by atoms with Crippen LogP contribution in [0.5, 0.6) is 5.75 Å². The number of phenols is 1. The Balaban J connectivity index is 2.65. The van der Waals surface area contributed by atoms with Gasteiger partial charge in [-0.3, -0.25) is 4.98 Å². The Morgan fingerprint density at radius 2 is 1.64 bits per heavy atom.